The highest BCUT2D eigenvalue weighted by Crippen LogP contribution is 2.25. The molecule has 26 heavy (non-hydrogen) atoms. The summed E-state index contributed by atoms with van der Waals surface area (Å²) in [5.41, 5.74) is 1.59. The maximum atomic E-state index is 10.2. The van der Waals surface area contributed by atoms with Crippen molar-refractivity contribution in [2.45, 2.75) is 12.6 Å². The Balaban J connectivity index is 1.84. The van der Waals surface area contributed by atoms with Gasteiger partial charge in [0.15, 0.2) is 0 Å². The number of nitriles is 1. The summed E-state index contributed by atoms with van der Waals surface area (Å²) in [5, 5.41) is 19.0. The van der Waals surface area contributed by atoms with Gasteiger partial charge in [0.1, 0.15) is 30.0 Å². The number of nitrogens with zero attached hydrogens (tertiary/aromatic N) is 2. The van der Waals surface area contributed by atoms with E-state index in [0.29, 0.717) is 24.4 Å². The minimum Gasteiger partial charge on any atom is -0.497 e. The lowest BCUT2D eigenvalue weighted by molar-refractivity contribution is 0.0741. The van der Waals surface area contributed by atoms with E-state index in [1.807, 2.05) is 30.1 Å². The monoisotopic (exact) mass is 356 g/mol. The molecule has 0 fully saturated rings. The lowest BCUT2D eigenvalue weighted by Crippen LogP contribution is -2.32. The van der Waals surface area contributed by atoms with Crippen LogP contribution in [-0.2, 0) is 6.54 Å². The third-order valence-electron chi connectivity index (χ3n) is 3.88. The maximum Gasteiger partial charge on any atom is 0.127 e. The number of aliphatic hydroxyl groups excluding tert-OH is 1. The molecule has 2 aromatic carbocycles. The van der Waals surface area contributed by atoms with Crippen molar-refractivity contribution in [1.29, 1.82) is 5.26 Å². The van der Waals surface area contributed by atoms with Gasteiger partial charge in [-0.15, -0.1) is 0 Å². The predicted octanol–water partition coefficient (Wildman–Crippen LogP) is 2.45. The number of likely N-dealkylation sites (N-methyl/N-ethyl adjacent to an activating group) is 1. The maximum absolute atomic E-state index is 10.2. The Morgan fingerprint density at radius 3 is 2.38 bits per heavy atom. The van der Waals surface area contributed by atoms with Crippen LogP contribution in [0.4, 0.5) is 0 Å². The summed E-state index contributed by atoms with van der Waals surface area (Å²) >= 11 is 0. The normalized spacial score (nSPS) is 11.7. The van der Waals surface area contributed by atoms with Gasteiger partial charge in [-0.1, -0.05) is 6.07 Å². The largest absolute Gasteiger partial charge is 0.497 e. The summed E-state index contributed by atoms with van der Waals surface area (Å²) in [6.45, 7) is 1.25. The number of hydrogen-bond acceptors (Lipinski definition) is 6. The first-order valence-corrected chi connectivity index (χ1v) is 8.26. The van der Waals surface area contributed by atoms with E-state index in [1.165, 1.54) is 0 Å². The molecule has 0 amide bonds. The summed E-state index contributed by atoms with van der Waals surface area (Å²) in [6, 6.07) is 14.5. The molecule has 1 N–H and O–H groups in total. The molecular formula is C20H24N2O4. The summed E-state index contributed by atoms with van der Waals surface area (Å²) in [7, 11) is 5.16. The van der Waals surface area contributed by atoms with Gasteiger partial charge in [-0.3, -0.25) is 4.90 Å². The summed E-state index contributed by atoms with van der Waals surface area (Å²) in [5.74, 6) is 2.12. The van der Waals surface area contributed by atoms with Crippen LogP contribution in [0.5, 0.6) is 17.2 Å². The molecule has 0 radical (unpaired) electrons. The molecule has 0 heterocycles. The second kappa shape index (κ2) is 9.66. The zero-order valence-corrected chi connectivity index (χ0v) is 15.3. The van der Waals surface area contributed by atoms with Crippen LogP contribution in [-0.4, -0.2) is 50.5 Å². The second-order valence-electron chi connectivity index (χ2n) is 5.98. The lowest BCUT2D eigenvalue weighted by atomic mass is 10.1. The van der Waals surface area contributed by atoms with Crippen LogP contribution < -0.4 is 14.2 Å². The fraction of sp³-hybridized carbons (Fsp3) is 0.350. The Morgan fingerprint density at radius 2 is 1.77 bits per heavy atom. The van der Waals surface area contributed by atoms with Gasteiger partial charge in [-0.2, -0.15) is 5.26 Å². The lowest BCUT2D eigenvalue weighted by Gasteiger charge is -2.22. The quantitative estimate of drug-likeness (QED) is 0.744. The van der Waals surface area contributed by atoms with Gasteiger partial charge in [-0.05, 0) is 37.4 Å². The Labute approximate surface area is 154 Å². The van der Waals surface area contributed by atoms with Crippen LogP contribution in [0.1, 0.15) is 11.1 Å². The fourth-order valence-electron chi connectivity index (χ4n) is 2.57. The Kier molecular flexibility index (Phi) is 7.27. The highest BCUT2D eigenvalue weighted by atomic mass is 16.5. The number of ether oxygens (including phenoxy) is 3. The smallest absolute Gasteiger partial charge is 0.127 e. The molecule has 0 aliphatic rings. The molecule has 0 saturated carbocycles. The van der Waals surface area contributed by atoms with Crippen molar-refractivity contribution in [2.24, 2.45) is 0 Å². The molecule has 0 saturated heterocycles. The van der Waals surface area contributed by atoms with Crippen molar-refractivity contribution in [3.05, 3.63) is 53.6 Å². The first kappa shape index (κ1) is 19.6. The van der Waals surface area contributed by atoms with Crippen molar-refractivity contribution in [2.75, 3.05) is 34.4 Å². The highest BCUT2D eigenvalue weighted by Gasteiger charge is 2.12. The van der Waals surface area contributed by atoms with Crippen LogP contribution in [0.25, 0.3) is 0 Å². The first-order valence-electron chi connectivity index (χ1n) is 8.26. The Morgan fingerprint density at radius 1 is 1.08 bits per heavy atom. The molecule has 0 spiro atoms. The van der Waals surface area contributed by atoms with E-state index in [2.05, 4.69) is 6.07 Å². The van der Waals surface area contributed by atoms with Crippen molar-refractivity contribution in [3.8, 4) is 23.3 Å². The Hall–Kier alpha value is -2.75. The summed E-state index contributed by atoms with van der Waals surface area (Å²) in [4.78, 5) is 2.00. The minimum atomic E-state index is -0.639. The Bertz CT molecular complexity index is 740. The molecular weight excluding hydrogens is 332 g/mol. The predicted molar refractivity (Wildman–Crippen MR) is 98.5 cm³/mol. The average molecular weight is 356 g/mol. The summed E-state index contributed by atoms with van der Waals surface area (Å²) in [6.07, 6.45) is -0.639. The zero-order valence-electron chi connectivity index (χ0n) is 15.3. The van der Waals surface area contributed by atoms with Gasteiger partial charge in [0.25, 0.3) is 0 Å². The first-order chi connectivity index (χ1) is 12.5. The number of rotatable bonds is 9. The molecule has 1 atom stereocenters. The molecule has 2 aromatic rings. The summed E-state index contributed by atoms with van der Waals surface area (Å²) < 4.78 is 16.2. The van der Waals surface area contributed by atoms with Gasteiger partial charge in [0, 0.05) is 24.7 Å². The second-order valence-corrected chi connectivity index (χ2v) is 5.98. The standard InChI is InChI=1S/C20H24N2O4/c1-22(12-16-6-9-19(24-2)10-20(16)25-3)13-17(23)14-26-18-7-4-15(11-21)5-8-18/h4-10,17,23H,12-14H2,1-3H3. The molecule has 0 aromatic heterocycles. The van der Waals surface area contributed by atoms with Crippen LogP contribution in [0.3, 0.4) is 0 Å². The van der Waals surface area contributed by atoms with E-state index < -0.39 is 6.10 Å². The van der Waals surface area contributed by atoms with E-state index in [9.17, 15) is 5.11 Å². The highest BCUT2D eigenvalue weighted by molar-refractivity contribution is 5.40. The molecule has 0 bridgehead atoms. The van der Waals surface area contributed by atoms with Gasteiger partial charge < -0.3 is 19.3 Å². The molecule has 6 nitrogen and oxygen atoms in total. The SMILES string of the molecule is COc1ccc(CN(C)CC(O)COc2ccc(C#N)cc2)c(OC)c1. The number of methoxy groups -OCH3 is 2. The van der Waals surface area contributed by atoms with Gasteiger partial charge >= 0.3 is 0 Å². The van der Waals surface area contributed by atoms with E-state index in [0.717, 1.165) is 17.1 Å². The van der Waals surface area contributed by atoms with Crippen molar-refractivity contribution in [1.82, 2.24) is 4.90 Å². The van der Waals surface area contributed by atoms with E-state index in [4.69, 9.17) is 19.5 Å². The molecule has 1 unspecified atom stereocenters. The van der Waals surface area contributed by atoms with E-state index in [-0.39, 0.29) is 6.61 Å². The topological polar surface area (TPSA) is 75.0 Å². The molecule has 6 heteroatoms. The number of aliphatic hydroxyl groups is 1. The van der Waals surface area contributed by atoms with Crippen LogP contribution in [0.15, 0.2) is 42.5 Å². The molecule has 138 valence electrons. The minimum absolute atomic E-state index is 0.177. The zero-order chi connectivity index (χ0) is 18.9. The van der Waals surface area contributed by atoms with E-state index >= 15 is 0 Å². The van der Waals surface area contributed by atoms with Crippen molar-refractivity contribution >= 4 is 0 Å². The van der Waals surface area contributed by atoms with Gasteiger partial charge in [0.05, 0.1) is 25.9 Å². The van der Waals surface area contributed by atoms with Gasteiger partial charge in [-0.25, -0.2) is 0 Å². The third kappa shape index (κ3) is 5.66. The van der Waals surface area contributed by atoms with Crippen LogP contribution in [0.2, 0.25) is 0 Å². The van der Waals surface area contributed by atoms with Crippen LogP contribution >= 0.6 is 0 Å². The third-order valence-corrected chi connectivity index (χ3v) is 3.88. The fourth-order valence-corrected chi connectivity index (χ4v) is 2.57. The van der Waals surface area contributed by atoms with Gasteiger partial charge in [0.2, 0.25) is 0 Å². The molecule has 0 aliphatic heterocycles. The number of benzene rings is 2. The molecule has 0 aliphatic carbocycles. The molecule has 2 rings (SSSR count). The van der Waals surface area contributed by atoms with E-state index in [1.54, 1.807) is 38.5 Å². The number of hydrogen-bond donors (Lipinski definition) is 1. The van der Waals surface area contributed by atoms with Crippen molar-refractivity contribution in [3.63, 3.8) is 0 Å². The van der Waals surface area contributed by atoms with Crippen molar-refractivity contribution < 1.29 is 19.3 Å². The van der Waals surface area contributed by atoms with Crippen LogP contribution in [0, 0.1) is 11.3 Å². The average Bonchev–Trinajstić information content (AvgIpc) is 2.67.